The maximum absolute atomic E-state index is 12.3. The summed E-state index contributed by atoms with van der Waals surface area (Å²) in [5.41, 5.74) is -4.30. The molecule has 0 atom stereocenters. The average molecular weight is 321 g/mol. The first kappa shape index (κ1) is 13.7. The van der Waals surface area contributed by atoms with Gasteiger partial charge in [-0.15, -0.1) is 0 Å². The number of pyridine rings is 1. The van der Waals surface area contributed by atoms with Gasteiger partial charge in [-0.3, -0.25) is 10.1 Å². The molecule has 0 amide bonds. The van der Waals surface area contributed by atoms with Gasteiger partial charge in [-0.25, -0.2) is 13.8 Å². The molecule has 0 spiro atoms. The van der Waals surface area contributed by atoms with E-state index in [1.807, 2.05) is 0 Å². The second-order valence-corrected chi connectivity index (χ2v) is 3.63. The molecule has 1 aromatic rings. The van der Waals surface area contributed by atoms with E-state index in [1.54, 1.807) is 0 Å². The lowest BCUT2D eigenvalue weighted by atomic mass is 10.2. The van der Waals surface area contributed by atoms with E-state index in [2.05, 4.69) is 20.9 Å². The molecule has 0 N–H and O–H groups in total. The van der Waals surface area contributed by atoms with Crippen molar-refractivity contribution in [1.82, 2.24) is 4.98 Å². The van der Waals surface area contributed by atoms with Crippen molar-refractivity contribution in [2.24, 2.45) is 0 Å². The molecular formula is C7H2BrF5N2O2. The zero-order chi connectivity index (χ0) is 13.4. The van der Waals surface area contributed by atoms with Gasteiger partial charge in [0.25, 0.3) is 12.1 Å². The number of aromatic nitrogens is 1. The molecule has 0 radical (unpaired) electrons. The molecule has 0 aromatic carbocycles. The molecule has 1 heterocycles. The number of hydrogen-bond acceptors (Lipinski definition) is 3. The highest BCUT2D eigenvalue weighted by atomic mass is 79.9. The Hall–Kier alpha value is -1.32. The van der Waals surface area contributed by atoms with Gasteiger partial charge in [-0.1, -0.05) is 0 Å². The van der Waals surface area contributed by atoms with Gasteiger partial charge >= 0.3 is 6.18 Å². The first-order valence-electron chi connectivity index (χ1n) is 3.84. The van der Waals surface area contributed by atoms with Crippen LogP contribution in [0.1, 0.15) is 17.8 Å². The van der Waals surface area contributed by atoms with Crippen molar-refractivity contribution in [2.75, 3.05) is 0 Å². The highest BCUT2D eigenvalue weighted by Gasteiger charge is 2.38. The van der Waals surface area contributed by atoms with Crippen LogP contribution in [0.5, 0.6) is 0 Å². The average Bonchev–Trinajstić information content (AvgIpc) is 2.14. The van der Waals surface area contributed by atoms with Gasteiger partial charge in [0.15, 0.2) is 11.4 Å². The number of alkyl halides is 5. The van der Waals surface area contributed by atoms with Crippen molar-refractivity contribution in [3.05, 3.63) is 32.0 Å². The largest absolute Gasteiger partial charge is 0.434 e. The van der Waals surface area contributed by atoms with Crippen molar-refractivity contribution < 1.29 is 26.9 Å². The fourth-order valence-electron chi connectivity index (χ4n) is 0.999. The van der Waals surface area contributed by atoms with Crippen LogP contribution in [0.2, 0.25) is 0 Å². The predicted octanol–water partition coefficient (Wildman–Crippen LogP) is 3.71. The molecule has 94 valence electrons. The molecule has 10 heteroatoms. The summed E-state index contributed by atoms with van der Waals surface area (Å²) >= 11 is 2.40. The van der Waals surface area contributed by atoms with Gasteiger partial charge in [-0.2, -0.15) is 13.2 Å². The van der Waals surface area contributed by atoms with E-state index in [-0.39, 0.29) is 0 Å². The molecule has 4 nitrogen and oxygen atoms in total. The van der Waals surface area contributed by atoms with E-state index >= 15 is 0 Å². The number of nitrogens with zero attached hydrogens (tertiary/aromatic N) is 2. The van der Waals surface area contributed by atoms with Gasteiger partial charge in [0.1, 0.15) is 0 Å². The number of nitro groups is 1. The zero-order valence-electron chi connectivity index (χ0n) is 7.63. The van der Waals surface area contributed by atoms with Crippen LogP contribution < -0.4 is 0 Å². The van der Waals surface area contributed by atoms with Crippen LogP contribution in [0.4, 0.5) is 27.6 Å². The fourth-order valence-corrected chi connectivity index (χ4v) is 1.53. The van der Waals surface area contributed by atoms with Gasteiger partial charge in [0.05, 0.1) is 9.40 Å². The molecular weight excluding hydrogens is 319 g/mol. The summed E-state index contributed by atoms with van der Waals surface area (Å²) in [6.07, 6.45) is -8.44. The van der Waals surface area contributed by atoms with Gasteiger partial charge < -0.3 is 0 Å². The summed E-state index contributed by atoms with van der Waals surface area (Å²) in [6, 6.07) is 0.358. The lowest BCUT2D eigenvalue weighted by Crippen LogP contribution is -2.12. The predicted molar refractivity (Wildman–Crippen MR) is 48.6 cm³/mol. The van der Waals surface area contributed by atoms with E-state index in [0.29, 0.717) is 6.07 Å². The van der Waals surface area contributed by atoms with E-state index in [4.69, 9.17) is 0 Å². The molecule has 1 aromatic heterocycles. The molecule has 0 aliphatic carbocycles. The summed E-state index contributed by atoms with van der Waals surface area (Å²) in [4.78, 5) is 11.7. The van der Waals surface area contributed by atoms with Gasteiger partial charge in [0.2, 0.25) is 0 Å². The molecule has 0 aliphatic heterocycles. The van der Waals surface area contributed by atoms with Crippen LogP contribution in [0.15, 0.2) is 10.5 Å². The van der Waals surface area contributed by atoms with Crippen molar-refractivity contribution in [3.8, 4) is 0 Å². The first-order chi connectivity index (χ1) is 7.64. The third kappa shape index (κ3) is 2.87. The molecule has 17 heavy (non-hydrogen) atoms. The fraction of sp³-hybridized carbons (Fsp3) is 0.286. The molecule has 0 saturated heterocycles. The lowest BCUT2D eigenvalue weighted by molar-refractivity contribution is -0.386. The second kappa shape index (κ2) is 4.51. The lowest BCUT2D eigenvalue weighted by Gasteiger charge is -2.10. The Morgan fingerprint density at radius 2 is 1.94 bits per heavy atom. The van der Waals surface area contributed by atoms with Crippen molar-refractivity contribution in [1.29, 1.82) is 0 Å². The standard InChI is InChI=1S/C7H2BrF5N2O2/c8-2-1-3(15(16)17)4(6(9)10)14-5(2)7(11,12)13/h1,6H. The topological polar surface area (TPSA) is 56.0 Å². The summed E-state index contributed by atoms with van der Waals surface area (Å²) in [7, 11) is 0. The smallest absolute Gasteiger partial charge is 0.258 e. The van der Waals surface area contributed by atoms with E-state index in [0.717, 1.165) is 0 Å². The van der Waals surface area contributed by atoms with Crippen LogP contribution in [-0.4, -0.2) is 9.91 Å². The van der Waals surface area contributed by atoms with Gasteiger partial charge in [-0.05, 0) is 15.9 Å². The highest BCUT2D eigenvalue weighted by molar-refractivity contribution is 9.10. The van der Waals surface area contributed by atoms with Crippen LogP contribution in [0, 0.1) is 10.1 Å². The number of halogens is 6. The van der Waals surface area contributed by atoms with Crippen molar-refractivity contribution in [3.63, 3.8) is 0 Å². The first-order valence-corrected chi connectivity index (χ1v) is 4.64. The minimum atomic E-state index is -4.97. The van der Waals surface area contributed by atoms with Crippen LogP contribution in [0.3, 0.4) is 0 Å². The maximum atomic E-state index is 12.3. The van der Waals surface area contributed by atoms with Crippen molar-refractivity contribution >= 4 is 21.6 Å². The minimum Gasteiger partial charge on any atom is -0.258 e. The Bertz CT molecular complexity index is 462. The Labute approximate surface area is 98.7 Å². The quantitative estimate of drug-likeness (QED) is 0.474. The molecule has 0 bridgehead atoms. The summed E-state index contributed by atoms with van der Waals surface area (Å²) < 4.78 is 60.9. The van der Waals surface area contributed by atoms with Crippen LogP contribution >= 0.6 is 15.9 Å². The van der Waals surface area contributed by atoms with E-state index < -0.39 is 39.1 Å². The Balaban J connectivity index is 3.51. The molecule has 0 unspecified atom stereocenters. The third-order valence-electron chi connectivity index (χ3n) is 1.66. The highest BCUT2D eigenvalue weighted by Crippen LogP contribution is 2.38. The zero-order valence-corrected chi connectivity index (χ0v) is 9.22. The van der Waals surface area contributed by atoms with E-state index in [1.165, 1.54) is 0 Å². The second-order valence-electron chi connectivity index (χ2n) is 2.78. The van der Waals surface area contributed by atoms with Crippen LogP contribution in [-0.2, 0) is 6.18 Å². The van der Waals surface area contributed by atoms with Crippen molar-refractivity contribution in [2.45, 2.75) is 12.6 Å². The maximum Gasteiger partial charge on any atom is 0.434 e. The SMILES string of the molecule is O=[N+]([O-])c1cc(Br)c(C(F)(F)F)nc1C(F)F. The monoisotopic (exact) mass is 320 g/mol. The molecule has 0 fully saturated rings. The third-order valence-corrected chi connectivity index (χ3v) is 2.26. The summed E-state index contributed by atoms with van der Waals surface area (Å²) in [5.74, 6) is 0. The Kier molecular flexibility index (Phi) is 3.65. The summed E-state index contributed by atoms with van der Waals surface area (Å²) in [5, 5.41) is 10.4. The van der Waals surface area contributed by atoms with E-state index in [9.17, 15) is 32.1 Å². The minimum absolute atomic E-state index is 0.358. The Morgan fingerprint density at radius 1 is 1.41 bits per heavy atom. The summed E-state index contributed by atoms with van der Waals surface area (Å²) in [6.45, 7) is 0. The molecule has 0 saturated carbocycles. The van der Waals surface area contributed by atoms with Crippen LogP contribution in [0.25, 0.3) is 0 Å². The number of hydrogen-bond donors (Lipinski definition) is 0. The molecule has 1 rings (SSSR count). The number of rotatable bonds is 2. The normalized spacial score (nSPS) is 11.9. The van der Waals surface area contributed by atoms with Gasteiger partial charge in [0, 0.05) is 6.07 Å². The molecule has 0 aliphatic rings. The Morgan fingerprint density at radius 3 is 2.29 bits per heavy atom.